The highest BCUT2D eigenvalue weighted by Crippen LogP contribution is 2.28. The van der Waals surface area contributed by atoms with E-state index < -0.39 is 15.8 Å². The number of piperidine rings is 1. The third kappa shape index (κ3) is 4.34. The fourth-order valence-corrected chi connectivity index (χ4v) is 6.85. The van der Waals surface area contributed by atoms with E-state index in [1.165, 1.54) is 65.9 Å². The molecular weight excluding hydrogens is 393 g/mol. The molecule has 3 atom stereocenters. The lowest BCUT2D eigenvalue weighted by Crippen LogP contribution is -3.18. The molecule has 2 saturated heterocycles. The molecule has 1 aliphatic carbocycles. The SMILES string of the molecule is O=C(C[NH+]1CCC[C@@H]2CCCC[C@@H]21)N1CCN(S(=O)(=O)c2ccccc2F)CC1. The summed E-state index contributed by atoms with van der Waals surface area (Å²) in [6, 6.07) is 6.07. The van der Waals surface area contributed by atoms with E-state index >= 15 is 0 Å². The summed E-state index contributed by atoms with van der Waals surface area (Å²) in [6.07, 6.45) is 7.61. The highest BCUT2D eigenvalue weighted by atomic mass is 32.2. The van der Waals surface area contributed by atoms with Crippen LogP contribution in [0.3, 0.4) is 0 Å². The quantitative estimate of drug-likeness (QED) is 0.781. The minimum absolute atomic E-state index is 0.120. The average Bonchev–Trinajstić information content (AvgIpc) is 2.74. The summed E-state index contributed by atoms with van der Waals surface area (Å²) >= 11 is 0. The van der Waals surface area contributed by atoms with Crippen LogP contribution < -0.4 is 4.90 Å². The number of sulfonamides is 1. The Bertz CT molecular complexity index is 837. The van der Waals surface area contributed by atoms with Crippen molar-refractivity contribution in [1.29, 1.82) is 0 Å². The van der Waals surface area contributed by atoms with Crippen LogP contribution in [0.15, 0.2) is 29.2 Å². The number of hydrogen-bond acceptors (Lipinski definition) is 3. The Hall–Kier alpha value is -1.51. The molecule has 1 aromatic carbocycles. The van der Waals surface area contributed by atoms with Gasteiger partial charge in [0.15, 0.2) is 6.54 Å². The van der Waals surface area contributed by atoms with Crippen molar-refractivity contribution in [2.75, 3.05) is 39.3 Å². The van der Waals surface area contributed by atoms with Crippen LogP contribution in [0.1, 0.15) is 38.5 Å². The smallest absolute Gasteiger partial charge is 0.277 e. The number of carbonyl (C=O) groups is 1. The van der Waals surface area contributed by atoms with Crippen LogP contribution in [0.4, 0.5) is 4.39 Å². The van der Waals surface area contributed by atoms with E-state index in [0.29, 0.717) is 25.7 Å². The van der Waals surface area contributed by atoms with E-state index in [1.807, 2.05) is 0 Å². The maximum absolute atomic E-state index is 14.0. The van der Waals surface area contributed by atoms with Crippen LogP contribution >= 0.6 is 0 Å². The summed E-state index contributed by atoms with van der Waals surface area (Å²) in [7, 11) is -3.87. The Morgan fingerprint density at radius 1 is 1.03 bits per heavy atom. The highest BCUT2D eigenvalue weighted by molar-refractivity contribution is 7.89. The molecule has 1 amide bonds. The van der Waals surface area contributed by atoms with Gasteiger partial charge in [-0.05, 0) is 44.2 Å². The molecule has 3 fully saturated rings. The second-order valence-corrected chi connectivity index (χ2v) is 10.5. The predicted octanol–water partition coefficient (Wildman–Crippen LogP) is 0.896. The van der Waals surface area contributed by atoms with Gasteiger partial charge in [0, 0.05) is 32.1 Å². The summed E-state index contributed by atoms with van der Waals surface area (Å²) in [5.74, 6) is 0.152. The largest absolute Gasteiger partial charge is 0.335 e. The highest BCUT2D eigenvalue weighted by Gasteiger charge is 2.39. The summed E-state index contributed by atoms with van der Waals surface area (Å²) in [6.45, 7) is 2.74. The van der Waals surface area contributed by atoms with Gasteiger partial charge in [-0.25, -0.2) is 12.8 Å². The number of halogens is 1. The third-order valence-corrected chi connectivity index (χ3v) is 8.86. The minimum Gasteiger partial charge on any atom is -0.335 e. The number of carbonyl (C=O) groups excluding carboxylic acids is 1. The number of nitrogens with one attached hydrogen (secondary N) is 1. The van der Waals surface area contributed by atoms with Crippen molar-refractivity contribution in [2.45, 2.75) is 49.5 Å². The molecule has 1 aromatic rings. The zero-order valence-corrected chi connectivity index (χ0v) is 17.7. The van der Waals surface area contributed by atoms with Gasteiger partial charge in [0.25, 0.3) is 5.91 Å². The van der Waals surface area contributed by atoms with Gasteiger partial charge in [0.1, 0.15) is 10.7 Å². The number of benzene rings is 1. The molecule has 0 bridgehead atoms. The van der Waals surface area contributed by atoms with Crippen molar-refractivity contribution in [1.82, 2.24) is 9.21 Å². The lowest BCUT2D eigenvalue weighted by Gasteiger charge is -2.42. The van der Waals surface area contributed by atoms with E-state index in [2.05, 4.69) is 0 Å². The van der Waals surface area contributed by atoms with Crippen LogP contribution in [-0.4, -0.2) is 68.8 Å². The molecule has 1 unspecified atom stereocenters. The molecule has 2 heterocycles. The Balaban J connectivity index is 1.34. The summed E-state index contributed by atoms with van der Waals surface area (Å²) in [5.41, 5.74) is 0. The van der Waals surface area contributed by atoms with Crippen molar-refractivity contribution in [3.8, 4) is 0 Å². The Morgan fingerprint density at radius 3 is 2.48 bits per heavy atom. The number of hydrogen-bond donors (Lipinski definition) is 1. The van der Waals surface area contributed by atoms with Crippen LogP contribution in [0.5, 0.6) is 0 Å². The average molecular weight is 425 g/mol. The lowest BCUT2D eigenvalue weighted by atomic mass is 9.78. The fraction of sp³-hybridized carbons (Fsp3) is 0.667. The van der Waals surface area contributed by atoms with Crippen LogP contribution in [0.2, 0.25) is 0 Å². The fourth-order valence-electron chi connectivity index (χ4n) is 5.36. The molecule has 0 radical (unpaired) electrons. The minimum atomic E-state index is -3.87. The van der Waals surface area contributed by atoms with Gasteiger partial charge >= 0.3 is 0 Å². The van der Waals surface area contributed by atoms with E-state index in [9.17, 15) is 17.6 Å². The Kier molecular flexibility index (Phi) is 6.22. The molecule has 2 aliphatic heterocycles. The third-order valence-electron chi connectivity index (χ3n) is 6.93. The van der Waals surface area contributed by atoms with E-state index in [0.717, 1.165) is 18.5 Å². The Labute approximate surface area is 172 Å². The van der Waals surface area contributed by atoms with Crippen molar-refractivity contribution in [3.05, 3.63) is 30.1 Å². The van der Waals surface area contributed by atoms with E-state index in [4.69, 9.17) is 0 Å². The number of piperazine rings is 1. The van der Waals surface area contributed by atoms with E-state index in [1.54, 1.807) is 4.90 Å². The van der Waals surface area contributed by atoms with Crippen molar-refractivity contribution in [2.24, 2.45) is 5.92 Å². The van der Waals surface area contributed by atoms with E-state index in [-0.39, 0.29) is 23.9 Å². The maximum Gasteiger partial charge on any atom is 0.277 e. The second kappa shape index (κ2) is 8.70. The molecule has 0 spiro atoms. The molecule has 4 rings (SSSR count). The summed E-state index contributed by atoms with van der Waals surface area (Å²) < 4.78 is 40.7. The van der Waals surface area contributed by atoms with Gasteiger partial charge in [-0.2, -0.15) is 4.31 Å². The standard InChI is InChI=1S/C21H30FN3O3S/c22-18-8-2-4-10-20(18)29(27,28)25-14-12-23(13-15-25)21(26)16-24-11-5-7-17-6-1-3-9-19(17)24/h2,4,8,10,17,19H,1,3,5-7,9,11-16H2/p+1/t17-,19-/m0/s1. The van der Waals surface area contributed by atoms with Gasteiger partial charge in [-0.1, -0.05) is 18.6 Å². The van der Waals surface area contributed by atoms with Gasteiger partial charge in [-0.15, -0.1) is 0 Å². The molecule has 6 nitrogen and oxygen atoms in total. The normalized spacial score (nSPS) is 28.7. The number of quaternary nitrogens is 1. The van der Waals surface area contributed by atoms with Crippen LogP contribution in [0, 0.1) is 11.7 Å². The first-order chi connectivity index (χ1) is 14.0. The molecule has 160 valence electrons. The number of nitrogens with zero attached hydrogens (tertiary/aromatic N) is 2. The van der Waals surface area contributed by atoms with Crippen molar-refractivity contribution >= 4 is 15.9 Å². The van der Waals surface area contributed by atoms with Crippen molar-refractivity contribution < 1.29 is 22.5 Å². The first-order valence-corrected chi connectivity index (χ1v) is 12.3. The molecule has 1 N–H and O–H groups in total. The first-order valence-electron chi connectivity index (χ1n) is 10.8. The number of amides is 1. The first kappa shape index (κ1) is 20.8. The summed E-state index contributed by atoms with van der Waals surface area (Å²) in [5, 5.41) is 0. The second-order valence-electron chi connectivity index (χ2n) is 8.59. The molecular formula is C21H31FN3O3S+. The molecule has 1 saturated carbocycles. The summed E-state index contributed by atoms with van der Waals surface area (Å²) in [4.78, 5) is 15.8. The van der Waals surface area contributed by atoms with Gasteiger partial charge in [-0.3, -0.25) is 4.79 Å². The predicted molar refractivity (Wildman–Crippen MR) is 107 cm³/mol. The number of fused-ring (bicyclic) bond motifs is 1. The number of likely N-dealkylation sites (tertiary alicyclic amines) is 1. The van der Waals surface area contributed by atoms with Gasteiger partial charge in [0.05, 0.1) is 12.6 Å². The van der Waals surface area contributed by atoms with Crippen LogP contribution in [-0.2, 0) is 14.8 Å². The zero-order chi connectivity index (χ0) is 20.4. The zero-order valence-electron chi connectivity index (χ0n) is 16.9. The maximum atomic E-state index is 14.0. The van der Waals surface area contributed by atoms with Crippen molar-refractivity contribution in [3.63, 3.8) is 0 Å². The van der Waals surface area contributed by atoms with Gasteiger partial charge < -0.3 is 9.80 Å². The molecule has 3 aliphatic rings. The molecule has 29 heavy (non-hydrogen) atoms. The monoisotopic (exact) mass is 424 g/mol. The molecule has 0 aromatic heterocycles. The Morgan fingerprint density at radius 2 is 1.72 bits per heavy atom. The van der Waals surface area contributed by atoms with Crippen LogP contribution in [0.25, 0.3) is 0 Å². The topological polar surface area (TPSA) is 62.1 Å². The number of rotatable bonds is 4. The molecule has 8 heteroatoms. The van der Waals surface area contributed by atoms with Gasteiger partial charge in [0.2, 0.25) is 10.0 Å². The lowest BCUT2D eigenvalue weighted by molar-refractivity contribution is -0.929.